The maximum absolute atomic E-state index is 4.34. The normalized spacial score (nSPS) is 13.9. The van der Waals surface area contributed by atoms with E-state index in [-0.39, 0.29) is 0 Å². The third-order valence-electron chi connectivity index (χ3n) is 1.27. The summed E-state index contributed by atoms with van der Waals surface area (Å²) in [4.78, 5) is 0. The molecule has 0 bridgehead atoms. The fraction of sp³-hybridized carbons (Fsp3) is 0.143. The molecular formula is C7H8B3O3. The maximum Gasteiger partial charge on any atom is 0.457 e. The molecule has 0 aromatic heterocycles. The largest absolute Gasteiger partial charge is 0.457 e. The smallest absolute Gasteiger partial charge is 0.457 e. The van der Waals surface area contributed by atoms with Gasteiger partial charge in [-0.15, -0.1) is 0 Å². The van der Waals surface area contributed by atoms with E-state index < -0.39 is 0 Å². The molecule has 3 nitrogen and oxygen atoms in total. The first kappa shape index (κ1) is 10.4. The van der Waals surface area contributed by atoms with Crippen molar-refractivity contribution >= 4 is 23.1 Å². The summed E-state index contributed by atoms with van der Waals surface area (Å²) < 4.78 is 13.0. The number of hydrogen-bond acceptors (Lipinski definition) is 3. The molecule has 1 aliphatic rings. The van der Waals surface area contributed by atoms with Crippen molar-refractivity contribution in [1.82, 2.24) is 0 Å². The van der Waals surface area contributed by atoms with Crippen molar-refractivity contribution in [3.05, 3.63) is 35.9 Å². The quantitative estimate of drug-likeness (QED) is 0.538. The summed E-state index contributed by atoms with van der Waals surface area (Å²) >= 11 is 0. The van der Waals surface area contributed by atoms with Gasteiger partial charge in [-0.2, -0.15) is 0 Å². The van der Waals surface area contributed by atoms with Crippen molar-refractivity contribution in [3.63, 3.8) is 0 Å². The Morgan fingerprint density at radius 2 is 1.31 bits per heavy atom. The van der Waals surface area contributed by atoms with Gasteiger partial charge in [0.2, 0.25) is 0 Å². The van der Waals surface area contributed by atoms with Crippen molar-refractivity contribution in [2.24, 2.45) is 0 Å². The molecule has 1 aromatic rings. The van der Waals surface area contributed by atoms with Crippen LogP contribution in [0.1, 0.15) is 5.56 Å². The van der Waals surface area contributed by atoms with Crippen LogP contribution in [0.2, 0.25) is 0 Å². The molecule has 0 amide bonds. The summed E-state index contributed by atoms with van der Waals surface area (Å²) in [5.41, 5.74) is 1.32. The Labute approximate surface area is 80.3 Å². The summed E-state index contributed by atoms with van der Waals surface area (Å²) in [6, 6.07) is 10.3. The first-order valence-corrected chi connectivity index (χ1v) is 3.82. The van der Waals surface area contributed by atoms with Crippen LogP contribution in [-0.2, 0) is 13.7 Å². The molecular weight excluding hydrogens is 165 g/mol. The average Bonchev–Trinajstić information content (AvgIpc) is 2.22. The van der Waals surface area contributed by atoms with Gasteiger partial charge in [0.25, 0.3) is 0 Å². The SMILES string of the molecule is Cc1ccccc1.[B]1O[B]O[B]O1. The van der Waals surface area contributed by atoms with Gasteiger partial charge in [0.1, 0.15) is 0 Å². The minimum absolute atomic E-state index is 1.16. The fourth-order valence-corrected chi connectivity index (χ4v) is 0.699. The van der Waals surface area contributed by atoms with E-state index in [0.29, 0.717) is 0 Å². The molecule has 1 heterocycles. The van der Waals surface area contributed by atoms with E-state index in [1.807, 2.05) is 18.2 Å². The van der Waals surface area contributed by atoms with Crippen molar-refractivity contribution in [3.8, 4) is 0 Å². The molecule has 1 saturated heterocycles. The van der Waals surface area contributed by atoms with Crippen LogP contribution in [0.3, 0.4) is 0 Å². The lowest BCUT2D eigenvalue weighted by molar-refractivity contribution is 0.347. The highest BCUT2D eigenvalue weighted by molar-refractivity contribution is 6.50. The molecule has 0 aliphatic carbocycles. The standard InChI is InChI=1S/C7H8.B3O3/c1-7-5-3-2-4-6-7;1-4-2-6-3-5-1/h2-6H,1H3;. The topological polar surface area (TPSA) is 27.7 Å². The summed E-state index contributed by atoms with van der Waals surface area (Å²) in [6.45, 7) is 2.08. The first-order valence-electron chi connectivity index (χ1n) is 3.82. The highest BCUT2D eigenvalue weighted by atomic mass is 16.7. The molecule has 6 heteroatoms. The van der Waals surface area contributed by atoms with Crippen LogP contribution in [0.5, 0.6) is 0 Å². The highest BCUT2D eigenvalue weighted by Crippen LogP contribution is 1.92. The van der Waals surface area contributed by atoms with E-state index in [9.17, 15) is 0 Å². The van der Waals surface area contributed by atoms with Crippen LogP contribution in [0.4, 0.5) is 0 Å². The second-order valence-electron chi connectivity index (χ2n) is 2.35. The highest BCUT2D eigenvalue weighted by Gasteiger charge is 2.05. The predicted molar refractivity (Wildman–Crippen MR) is 51.7 cm³/mol. The third-order valence-corrected chi connectivity index (χ3v) is 1.27. The first-order chi connectivity index (χ1) is 6.39. The van der Waals surface area contributed by atoms with Crippen LogP contribution in [0.15, 0.2) is 30.3 Å². The molecule has 1 fully saturated rings. The number of hydrogen-bond donors (Lipinski definition) is 0. The molecule has 0 N–H and O–H groups in total. The van der Waals surface area contributed by atoms with E-state index in [2.05, 4.69) is 32.8 Å². The fourth-order valence-electron chi connectivity index (χ4n) is 0.699. The summed E-state index contributed by atoms with van der Waals surface area (Å²) in [5.74, 6) is 0. The zero-order chi connectivity index (χ0) is 9.36. The van der Waals surface area contributed by atoms with Gasteiger partial charge in [-0.3, -0.25) is 0 Å². The van der Waals surface area contributed by atoms with Crippen LogP contribution in [0.25, 0.3) is 0 Å². The third kappa shape index (κ3) is 5.52. The second kappa shape index (κ2) is 6.77. The Bertz CT molecular complexity index is 204. The summed E-state index contributed by atoms with van der Waals surface area (Å²) in [5, 5.41) is 0. The van der Waals surface area contributed by atoms with Gasteiger partial charge < -0.3 is 13.7 Å². The molecule has 0 saturated carbocycles. The lowest BCUT2D eigenvalue weighted by atomic mass is 10.1. The number of aryl methyl sites for hydroxylation is 1. The van der Waals surface area contributed by atoms with Gasteiger partial charge in [-0.05, 0) is 6.92 Å². The molecule has 63 valence electrons. The van der Waals surface area contributed by atoms with E-state index in [4.69, 9.17) is 0 Å². The van der Waals surface area contributed by atoms with Gasteiger partial charge >= 0.3 is 23.1 Å². The predicted octanol–water partition coefficient (Wildman–Crippen LogP) is 0.647. The minimum atomic E-state index is 1.16. The van der Waals surface area contributed by atoms with Crippen molar-refractivity contribution < 1.29 is 13.7 Å². The Kier molecular flexibility index (Phi) is 5.41. The van der Waals surface area contributed by atoms with Crippen molar-refractivity contribution in [2.45, 2.75) is 6.92 Å². The van der Waals surface area contributed by atoms with Gasteiger partial charge in [0.15, 0.2) is 0 Å². The molecule has 0 spiro atoms. The zero-order valence-corrected chi connectivity index (χ0v) is 7.34. The zero-order valence-electron chi connectivity index (χ0n) is 7.34. The molecule has 2 rings (SSSR count). The molecule has 13 heavy (non-hydrogen) atoms. The molecule has 0 atom stereocenters. The van der Waals surface area contributed by atoms with Crippen molar-refractivity contribution in [2.75, 3.05) is 0 Å². The molecule has 1 aliphatic heterocycles. The molecule has 3 radical (unpaired) electrons. The van der Waals surface area contributed by atoms with Crippen LogP contribution >= 0.6 is 0 Å². The second-order valence-corrected chi connectivity index (χ2v) is 2.35. The Morgan fingerprint density at radius 1 is 0.846 bits per heavy atom. The van der Waals surface area contributed by atoms with Gasteiger partial charge in [0, 0.05) is 0 Å². The lowest BCUT2D eigenvalue weighted by Gasteiger charge is -2.05. The minimum Gasteiger partial charge on any atom is -0.457 e. The molecule has 1 aromatic carbocycles. The van der Waals surface area contributed by atoms with Crippen molar-refractivity contribution in [1.29, 1.82) is 0 Å². The lowest BCUT2D eigenvalue weighted by Crippen LogP contribution is -2.23. The van der Waals surface area contributed by atoms with E-state index in [1.54, 1.807) is 0 Å². The van der Waals surface area contributed by atoms with Gasteiger partial charge in [-0.25, -0.2) is 0 Å². The average molecular weight is 173 g/mol. The van der Waals surface area contributed by atoms with E-state index in [0.717, 1.165) is 23.1 Å². The van der Waals surface area contributed by atoms with E-state index in [1.165, 1.54) is 5.56 Å². The van der Waals surface area contributed by atoms with Crippen LogP contribution in [-0.4, -0.2) is 23.1 Å². The van der Waals surface area contributed by atoms with Crippen LogP contribution < -0.4 is 0 Å². The summed E-state index contributed by atoms with van der Waals surface area (Å²) in [6.07, 6.45) is 0. The van der Waals surface area contributed by atoms with Gasteiger partial charge in [-0.1, -0.05) is 35.9 Å². The van der Waals surface area contributed by atoms with Crippen LogP contribution in [0, 0.1) is 6.92 Å². The number of benzene rings is 1. The Hall–Kier alpha value is -0.705. The summed E-state index contributed by atoms with van der Waals surface area (Å²) in [7, 11) is 3.47. The van der Waals surface area contributed by atoms with Gasteiger partial charge in [0.05, 0.1) is 0 Å². The Balaban J connectivity index is 0.000000132. The Morgan fingerprint density at radius 3 is 1.54 bits per heavy atom. The monoisotopic (exact) mass is 173 g/mol. The maximum atomic E-state index is 4.34. The number of rotatable bonds is 0. The molecule has 0 unspecified atom stereocenters. The van der Waals surface area contributed by atoms with E-state index >= 15 is 0 Å².